The lowest BCUT2D eigenvalue weighted by Gasteiger charge is -2.08. The summed E-state index contributed by atoms with van der Waals surface area (Å²) in [6.45, 7) is 4.85. The first-order chi connectivity index (χ1) is 8.69. The highest BCUT2D eigenvalue weighted by Gasteiger charge is 2.04. The van der Waals surface area contributed by atoms with Crippen LogP contribution in [0.2, 0.25) is 0 Å². The lowest BCUT2D eigenvalue weighted by atomic mass is 10.0. The first kappa shape index (κ1) is 13.4. The Morgan fingerprint density at radius 2 is 2.22 bits per heavy atom. The number of thiazole rings is 1. The summed E-state index contributed by atoms with van der Waals surface area (Å²) in [5, 5.41) is 2.93. The minimum absolute atomic E-state index is 0.458. The first-order valence-corrected chi connectivity index (χ1v) is 7.32. The number of nitrogens with zero attached hydrogens (tertiary/aromatic N) is 1. The molecule has 0 amide bonds. The molecule has 2 aromatic rings. The molecule has 0 radical (unpaired) electrons. The van der Waals surface area contributed by atoms with Crippen LogP contribution in [0.4, 0.5) is 0 Å². The van der Waals surface area contributed by atoms with Crippen LogP contribution in [-0.2, 0) is 12.5 Å². The van der Waals surface area contributed by atoms with E-state index in [0.717, 1.165) is 16.5 Å². The molecular formula is C14H16ClNOS. The summed E-state index contributed by atoms with van der Waals surface area (Å²) in [5.74, 6) is 1.86. The van der Waals surface area contributed by atoms with Crippen LogP contribution in [0.5, 0.6) is 5.75 Å². The fourth-order valence-corrected chi connectivity index (χ4v) is 2.52. The third kappa shape index (κ3) is 3.47. The molecule has 0 saturated heterocycles. The van der Waals surface area contributed by atoms with Crippen LogP contribution in [0.25, 0.3) is 0 Å². The standard InChI is InChI=1S/C14H16ClNOS/c1-10(2)11-4-3-5-13(6-11)17-8-14-16-12(7-15)9-18-14/h3-6,9-10H,7-8H2,1-2H3. The maximum atomic E-state index is 5.75. The molecule has 96 valence electrons. The Bertz CT molecular complexity index is 510. The molecule has 0 fully saturated rings. The summed E-state index contributed by atoms with van der Waals surface area (Å²) in [7, 11) is 0. The topological polar surface area (TPSA) is 22.1 Å². The van der Waals surface area contributed by atoms with Crippen molar-refractivity contribution in [3.05, 3.63) is 45.9 Å². The van der Waals surface area contributed by atoms with E-state index < -0.39 is 0 Å². The summed E-state index contributed by atoms with van der Waals surface area (Å²) < 4.78 is 5.75. The van der Waals surface area contributed by atoms with E-state index in [-0.39, 0.29) is 0 Å². The minimum atomic E-state index is 0.458. The van der Waals surface area contributed by atoms with Gasteiger partial charge in [-0.05, 0) is 23.6 Å². The number of alkyl halides is 1. The monoisotopic (exact) mass is 281 g/mol. The number of hydrogen-bond acceptors (Lipinski definition) is 3. The van der Waals surface area contributed by atoms with E-state index in [9.17, 15) is 0 Å². The average molecular weight is 282 g/mol. The minimum Gasteiger partial charge on any atom is -0.486 e. The Labute approximate surface area is 117 Å². The molecule has 0 aliphatic carbocycles. The molecule has 18 heavy (non-hydrogen) atoms. The molecule has 0 saturated carbocycles. The number of aromatic nitrogens is 1. The second-order valence-electron chi connectivity index (χ2n) is 4.38. The largest absolute Gasteiger partial charge is 0.486 e. The summed E-state index contributed by atoms with van der Waals surface area (Å²) >= 11 is 7.30. The van der Waals surface area contributed by atoms with Crippen LogP contribution in [-0.4, -0.2) is 4.98 Å². The highest BCUT2D eigenvalue weighted by Crippen LogP contribution is 2.21. The molecular weight excluding hydrogens is 266 g/mol. The van der Waals surface area contributed by atoms with Gasteiger partial charge in [-0.15, -0.1) is 22.9 Å². The van der Waals surface area contributed by atoms with Crippen LogP contribution >= 0.6 is 22.9 Å². The van der Waals surface area contributed by atoms with E-state index in [4.69, 9.17) is 16.3 Å². The number of ether oxygens (including phenoxy) is 1. The molecule has 0 bridgehead atoms. The average Bonchev–Trinajstić information content (AvgIpc) is 2.84. The molecule has 1 aromatic carbocycles. The maximum Gasteiger partial charge on any atom is 0.140 e. The van der Waals surface area contributed by atoms with Crippen molar-refractivity contribution in [2.45, 2.75) is 32.3 Å². The van der Waals surface area contributed by atoms with Gasteiger partial charge in [0.2, 0.25) is 0 Å². The van der Waals surface area contributed by atoms with Gasteiger partial charge in [0.05, 0.1) is 11.6 Å². The molecule has 0 aliphatic heterocycles. The van der Waals surface area contributed by atoms with Gasteiger partial charge in [0.15, 0.2) is 0 Å². The fraction of sp³-hybridized carbons (Fsp3) is 0.357. The molecule has 0 unspecified atom stereocenters. The van der Waals surface area contributed by atoms with Crippen molar-refractivity contribution in [3.63, 3.8) is 0 Å². The Balaban J connectivity index is 1.99. The van der Waals surface area contributed by atoms with Gasteiger partial charge in [-0.3, -0.25) is 0 Å². The van der Waals surface area contributed by atoms with Crippen molar-refractivity contribution in [3.8, 4) is 5.75 Å². The quantitative estimate of drug-likeness (QED) is 0.748. The van der Waals surface area contributed by atoms with Crippen LogP contribution in [0.1, 0.15) is 36.0 Å². The molecule has 2 nitrogen and oxygen atoms in total. The predicted octanol–water partition coefficient (Wildman–Crippen LogP) is 4.58. The van der Waals surface area contributed by atoms with Crippen molar-refractivity contribution in [2.24, 2.45) is 0 Å². The van der Waals surface area contributed by atoms with E-state index in [2.05, 4.69) is 31.0 Å². The zero-order valence-corrected chi connectivity index (χ0v) is 12.1. The maximum absolute atomic E-state index is 5.75. The SMILES string of the molecule is CC(C)c1cccc(OCc2nc(CCl)cs2)c1. The fourth-order valence-electron chi connectivity index (χ4n) is 1.59. The molecule has 1 heterocycles. The predicted molar refractivity (Wildman–Crippen MR) is 76.5 cm³/mol. The normalized spacial score (nSPS) is 10.9. The highest BCUT2D eigenvalue weighted by atomic mass is 35.5. The molecule has 0 spiro atoms. The third-order valence-electron chi connectivity index (χ3n) is 2.62. The lowest BCUT2D eigenvalue weighted by molar-refractivity contribution is 0.305. The van der Waals surface area contributed by atoms with Crippen LogP contribution < -0.4 is 4.74 Å². The summed E-state index contributed by atoms with van der Waals surface area (Å²) in [6, 6.07) is 8.20. The van der Waals surface area contributed by atoms with Crippen molar-refractivity contribution < 1.29 is 4.74 Å². The Kier molecular flexibility index (Phi) is 4.61. The highest BCUT2D eigenvalue weighted by molar-refractivity contribution is 7.09. The van der Waals surface area contributed by atoms with E-state index in [0.29, 0.717) is 18.4 Å². The Morgan fingerprint density at radius 3 is 2.89 bits per heavy atom. The molecule has 0 atom stereocenters. The van der Waals surface area contributed by atoms with E-state index >= 15 is 0 Å². The van der Waals surface area contributed by atoms with E-state index in [1.165, 1.54) is 5.56 Å². The van der Waals surface area contributed by atoms with Crippen LogP contribution in [0, 0.1) is 0 Å². The van der Waals surface area contributed by atoms with Crippen LogP contribution in [0.3, 0.4) is 0 Å². The molecule has 1 aromatic heterocycles. The van der Waals surface area contributed by atoms with E-state index in [1.807, 2.05) is 17.5 Å². The number of hydrogen-bond donors (Lipinski definition) is 0. The second kappa shape index (κ2) is 6.21. The number of halogens is 1. The Morgan fingerprint density at radius 1 is 1.39 bits per heavy atom. The number of rotatable bonds is 5. The summed E-state index contributed by atoms with van der Waals surface area (Å²) in [6.07, 6.45) is 0. The number of benzene rings is 1. The van der Waals surface area contributed by atoms with Gasteiger partial charge in [-0.1, -0.05) is 26.0 Å². The second-order valence-corrected chi connectivity index (χ2v) is 5.59. The van der Waals surface area contributed by atoms with Crippen molar-refractivity contribution in [1.82, 2.24) is 4.98 Å². The summed E-state index contributed by atoms with van der Waals surface area (Å²) in [5.41, 5.74) is 2.20. The summed E-state index contributed by atoms with van der Waals surface area (Å²) in [4.78, 5) is 4.36. The van der Waals surface area contributed by atoms with Crippen LogP contribution in [0.15, 0.2) is 29.6 Å². The molecule has 4 heteroatoms. The molecule has 0 aliphatic rings. The van der Waals surface area contributed by atoms with Crippen molar-refractivity contribution in [2.75, 3.05) is 0 Å². The van der Waals surface area contributed by atoms with Gasteiger partial charge >= 0.3 is 0 Å². The third-order valence-corrected chi connectivity index (χ3v) is 3.77. The van der Waals surface area contributed by atoms with Gasteiger partial charge in [0, 0.05) is 5.38 Å². The first-order valence-electron chi connectivity index (χ1n) is 5.91. The van der Waals surface area contributed by atoms with E-state index in [1.54, 1.807) is 11.3 Å². The molecule has 0 N–H and O–H groups in total. The van der Waals surface area contributed by atoms with Gasteiger partial charge in [0.1, 0.15) is 17.4 Å². The van der Waals surface area contributed by atoms with Crippen molar-refractivity contribution in [1.29, 1.82) is 0 Å². The Hall–Kier alpha value is -1.06. The van der Waals surface area contributed by atoms with Gasteiger partial charge in [-0.25, -0.2) is 4.98 Å². The molecule has 2 rings (SSSR count). The van der Waals surface area contributed by atoms with Gasteiger partial charge in [-0.2, -0.15) is 0 Å². The van der Waals surface area contributed by atoms with Crippen molar-refractivity contribution >= 4 is 22.9 Å². The zero-order valence-electron chi connectivity index (χ0n) is 10.5. The lowest BCUT2D eigenvalue weighted by Crippen LogP contribution is -1.96. The smallest absolute Gasteiger partial charge is 0.140 e. The van der Waals surface area contributed by atoms with Gasteiger partial charge < -0.3 is 4.74 Å². The van der Waals surface area contributed by atoms with Gasteiger partial charge in [0.25, 0.3) is 0 Å². The zero-order chi connectivity index (χ0) is 13.0.